The number of hydrogen-bond acceptors (Lipinski definition) is 2. The molecule has 2 unspecified atom stereocenters. The van der Waals surface area contributed by atoms with Crippen LogP contribution in [-0.4, -0.2) is 17.1 Å². The molecule has 2 atom stereocenters. The third-order valence-corrected chi connectivity index (χ3v) is 2.63. The number of hydrogen-bond donors (Lipinski definition) is 2. The molecule has 14 heavy (non-hydrogen) atoms. The van der Waals surface area contributed by atoms with E-state index in [4.69, 9.17) is 10.8 Å². The molecule has 1 aliphatic carbocycles. The van der Waals surface area contributed by atoms with Gasteiger partial charge in [-0.15, -0.1) is 0 Å². The normalized spacial score (nSPS) is 23.0. The minimum Gasteiger partial charge on any atom is -0.480 e. The summed E-state index contributed by atoms with van der Waals surface area (Å²) in [5, 5.41) is 8.62. The van der Waals surface area contributed by atoms with Gasteiger partial charge < -0.3 is 10.8 Å². The minimum atomic E-state index is -0.912. The number of carbonyl (C=O) groups is 1. The van der Waals surface area contributed by atoms with Gasteiger partial charge in [-0.3, -0.25) is 4.79 Å². The summed E-state index contributed by atoms with van der Waals surface area (Å²) in [6.45, 7) is 2.15. The molecule has 3 heteroatoms. The Hall–Kier alpha value is -1.09. The van der Waals surface area contributed by atoms with Crippen molar-refractivity contribution in [3.05, 3.63) is 23.8 Å². The third kappa shape index (κ3) is 3.00. The largest absolute Gasteiger partial charge is 0.480 e. The average Bonchev–Trinajstić information content (AvgIpc) is 2.16. The Labute approximate surface area is 84.3 Å². The maximum atomic E-state index is 10.5. The molecule has 0 fully saturated rings. The Morgan fingerprint density at radius 2 is 2.50 bits per heavy atom. The Morgan fingerprint density at radius 3 is 3.07 bits per heavy atom. The molecule has 0 amide bonds. The van der Waals surface area contributed by atoms with Gasteiger partial charge in [0.05, 0.1) is 0 Å². The molecular formula is C11H17NO2. The molecule has 3 N–H and O–H groups in total. The van der Waals surface area contributed by atoms with Crippen molar-refractivity contribution in [3.63, 3.8) is 0 Å². The molecule has 0 bridgehead atoms. The second-order valence-electron chi connectivity index (χ2n) is 3.79. The van der Waals surface area contributed by atoms with Crippen LogP contribution in [0.25, 0.3) is 0 Å². The number of carboxylic acids is 1. The first-order valence-electron chi connectivity index (χ1n) is 4.95. The molecule has 0 aromatic rings. The molecule has 1 aliphatic rings. The zero-order chi connectivity index (χ0) is 10.6. The maximum absolute atomic E-state index is 10.5. The molecule has 0 aromatic heterocycles. The summed E-state index contributed by atoms with van der Waals surface area (Å²) < 4.78 is 0. The van der Waals surface area contributed by atoms with E-state index in [0.717, 1.165) is 12.8 Å². The minimum absolute atomic E-state index is 0.527. The van der Waals surface area contributed by atoms with E-state index in [1.807, 2.05) is 6.08 Å². The van der Waals surface area contributed by atoms with Crippen LogP contribution in [0.2, 0.25) is 0 Å². The fraction of sp³-hybridized carbons (Fsp3) is 0.545. The molecule has 0 saturated carbocycles. The SMILES string of the molecule is CC1CC=CC=C1CCC(N)C(=O)O. The highest BCUT2D eigenvalue weighted by Gasteiger charge is 2.15. The van der Waals surface area contributed by atoms with Crippen molar-refractivity contribution < 1.29 is 9.90 Å². The van der Waals surface area contributed by atoms with E-state index in [0.29, 0.717) is 12.3 Å². The predicted octanol–water partition coefficient (Wildman–Crippen LogP) is 1.70. The molecule has 78 valence electrons. The first kappa shape index (κ1) is 11.0. The van der Waals surface area contributed by atoms with Gasteiger partial charge in [-0.2, -0.15) is 0 Å². The van der Waals surface area contributed by atoms with Gasteiger partial charge in [-0.05, 0) is 25.2 Å². The van der Waals surface area contributed by atoms with Crippen molar-refractivity contribution in [2.75, 3.05) is 0 Å². The first-order chi connectivity index (χ1) is 6.61. The van der Waals surface area contributed by atoms with Crippen LogP contribution in [0.15, 0.2) is 23.8 Å². The summed E-state index contributed by atoms with van der Waals surface area (Å²) in [5.41, 5.74) is 6.74. The summed E-state index contributed by atoms with van der Waals surface area (Å²) in [6.07, 6.45) is 8.60. The second-order valence-corrected chi connectivity index (χ2v) is 3.79. The third-order valence-electron chi connectivity index (χ3n) is 2.63. The van der Waals surface area contributed by atoms with Crippen LogP contribution in [0.4, 0.5) is 0 Å². The van der Waals surface area contributed by atoms with E-state index in [1.165, 1.54) is 5.57 Å². The monoisotopic (exact) mass is 195 g/mol. The lowest BCUT2D eigenvalue weighted by atomic mass is 9.89. The molecule has 0 spiro atoms. The van der Waals surface area contributed by atoms with Crippen molar-refractivity contribution in [1.82, 2.24) is 0 Å². The van der Waals surface area contributed by atoms with Crippen LogP contribution in [0.1, 0.15) is 26.2 Å². The molecule has 0 aliphatic heterocycles. The summed E-state index contributed by atoms with van der Waals surface area (Å²) in [7, 11) is 0. The Balaban J connectivity index is 2.41. The Bertz CT molecular complexity index is 268. The highest BCUT2D eigenvalue weighted by Crippen LogP contribution is 2.23. The van der Waals surface area contributed by atoms with Crippen LogP contribution >= 0.6 is 0 Å². The van der Waals surface area contributed by atoms with Gasteiger partial charge in [0.15, 0.2) is 0 Å². The van der Waals surface area contributed by atoms with Crippen LogP contribution < -0.4 is 5.73 Å². The summed E-state index contributed by atoms with van der Waals surface area (Å²) in [4.78, 5) is 10.5. The molecule has 0 heterocycles. The predicted molar refractivity (Wildman–Crippen MR) is 55.8 cm³/mol. The quantitative estimate of drug-likeness (QED) is 0.717. The fourth-order valence-electron chi connectivity index (χ4n) is 1.57. The van der Waals surface area contributed by atoms with Gasteiger partial charge in [0.25, 0.3) is 0 Å². The zero-order valence-corrected chi connectivity index (χ0v) is 8.44. The van der Waals surface area contributed by atoms with Gasteiger partial charge in [-0.1, -0.05) is 30.7 Å². The van der Waals surface area contributed by atoms with Crippen molar-refractivity contribution >= 4 is 5.97 Å². The number of rotatable bonds is 4. The molecule has 0 aromatic carbocycles. The van der Waals surface area contributed by atoms with Crippen LogP contribution in [0, 0.1) is 5.92 Å². The molecular weight excluding hydrogens is 178 g/mol. The van der Waals surface area contributed by atoms with E-state index < -0.39 is 12.0 Å². The van der Waals surface area contributed by atoms with Crippen molar-refractivity contribution in [1.29, 1.82) is 0 Å². The van der Waals surface area contributed by atoms with Gasteiger partial charge in [0.1, 0.15) is 6.04 Å². The van der Waals surface area contributed by atoms with E-state index >= 15 is 0 Å². The van der Waals surface area contributed by atoms with Gasteiger partial charge in [0, 0.05) is 0 Å². The maximum Gasteiger partial charge on any atom is 0.320 e. The zero-order valence-electron chi connectivity index (χ0n) is 8.44. The summed E-state index contributed by atoms with van der Waals surface area (Å²) in [5.74, 6) is -0.384. The summed E-state index contributed by atoms with van der Waals surface area (Å²) >= 11 is 0. The smallest absolute Gasteiger partial charge is 0.320 e. The van der Waals surface area contributed by atoms with Crippen LogP contribution in [0.5, 0.6) is 0 Å². The van der Waals surface area contributed by atoms with E-state index in [9.17, 15) is 4.79 Å². The van der Waals surface area contributed by atoms with Gasteiger partial charge >= 0.3 is 5.97 Å². The lowest BCUT2D eigenvalue weighted by Gasteiger charge is -2.17. The van der Waals surface area contributed by atoms with Gasteiger partial charge in [0.2, 0.25) is 0 Å². The topological polar surface area (TPSA) is 63.3 Å². The lowest BCUT2D eigenvalue weighted by molar-refractivity contribution is -0.138. The molecule has 0 saturated heterocycles. The lowest BCUT2D eigenvalue weighted by Crippen LogP contribution is -2.30. The van der Waals surface area contributed by atoms with E-state index in [1.54, 1.807) is 0 Å². The number of nitrogens with two attached hydrogens (primary N) is 1. The average molecular weight is 195 g/mol. The molecule has 0 radical (unpaired) electrons. The van der Waals surface area contributed by atoms with Gasteiger partial charge in [-0.25, -0.2) is 0 Å². The Morgan fingerprint density at radius 1 is 1.79 bits per heavy atom. The molecule has 3 nitrogen and oxygen atoms in total. The Kier molecular flexibility index (Phi) is 3.89. The van der Waals surface area contributed by atoms with E-state index in [-0.39, 0.29) is 0 Å². The fourth-order valence-corrected chi connectivity index (χ4v) is 1.57. The van der Waals surface area contributed by atoms with Crippen LogP contribution in [0.3, 0.4) is 0 Å². The highest BCUT2D eigenvalue weighted by molar-refractivity contribution is 5.73. The highest BCUT2D eigenvalue weighted by atomic mass is 16.4. The summed E-state index contributed by atoms with van der Waals surface area (Å²) in [6, 6.07) is -0.728. The number of carboxylic acid groups (broad SMARTS) is 1. The molecule has 1 rings (SSSR count). The van der Waals surface area contributed by atoms with E-state index in [2.05, 4.69) is 19.1 Å². The van der Waals surface area contributed by atoms with Crippen LogP contribution in [-0.2, 0) is 4.79 Å². The van der Waals surface area contributed by atoms with Crippen molar-refractivity contribution in [2.45, 2.75) is 32.2 Å². The van der Waals surface area contributed by atoms with Crippen molar-refractivity contribution in [2.24, 2.45) is 11.7 Å². The second kappa shape index (κ2) is 4.96. The standard InChI is InChI=1S/C11H17NO2/c1-8-4-2-3-5-9(8)6-7-10(12)11(13)14/h2-3,5,8,10H,4,6-7,12H2,1H3,(H,13,14). The van der Waals surface area contributed by atoms with Crippen molar-refractivity contribution in [3.8, 4) is 0 Å². The number of aliphatic carboxylic acids is 1. The first-order valence-corrected chi connectivity index (χ1v) is 4.95. The number of allylic oxidation sites excluding steroid dienone is 4.